The smallest absolute Gasteiger partial charge is 0.407 e. The van der Waals surface area contributed by atoms with E-state index in [1.165, 1.54) is 0 Å². The van der Waals surface area contributed by atoms with Gasteiger partial charge >= 0.3 is 6.09 Å². The quantitative estimate of drug-likeness (QED) is 0.871. The van der Waals surface area contributed by atoms with E-state index in [0.29, 0.717) is 18.2 Å². The number of amides is 2. The lowest BCUT2D eigenvalue weighted by molar-refractivity contribution is -0.128. The number of nitrogens with zero attached hydrogens (tertiary/aromatic N) is 2. The largest absolute Gasteiger partial charge is 0.465 e. The Hall–Kier alpha value is -1.26. The van der Waals surface area contributed by atoms with E-state index >= 15 is 0 Å². The highest BCUT2D eigenvalue weighted by atomic mass is 16.4. The zero-order valence-corrected chi connectivity index (χ0v) is 13.5. The average Bonchev–Trinajstić information content (AvgIpc) is 2.75. The molecule has 5 nitrogen and oxygen atoms in total. The first kappa shape index (κ1) is 16.1. The first-order valence-corrected chi connectivity index (χ1v) is 8.09. The van der Waals surface area contributed by atoms with E-state index in [1.54, 1.807) is 4.90 Å². The van der Waals surface area contributed by atoms with Gasteiger partial charge in [0.05, 0.1) is 0 Å². The monoisotopic (exact) mass is 296 g/mol. The van der Waals surface area contributed by atoms with Gasteiger partial charge in [-0.05, 0) is 58.8 Å². The van der Waals surface area contributed by atoms with Crippen LogP contribution in [-0.4, -0.2) is 51.6 Å². The SMILES string of the molecule is CC(C)(C)N(C(=O)O)C1CCC(CN2CCCC2=O)CC1. The second-order valence-corrected chi connectivity index (χ2v) is 7.44. The van der Waals surface area contributed by atoms with Crippen molar-refractivity contribution in [1.82, 2.24) is 9.80 Å². The van der Waals surface area contributed by atoms with E-state index in [0.717, 1.165) is 45.2 Å². The lowest BCUT2D eigenvalue weighted by Gasteiger charge is -2.43. The highest BCUT2D eigenvalue weighted by Gasteiger charge is 2.36. The molecule has 2 fully saturated rings. The Kier molecular flexibility index (Phi) is 4.79. The third-order valence-corrected chi connectivity index (χ3v) is 4.76. The maximum Gasteiger partial charge on any atom is 0.407 e. The third kappa shape index (κ3) is 3.89. The molecular weight excluding hydrogens is 268 g/mol. The molecule has 5 heteroatoms. The summed E-state index contributed by atoms with van der Waals surface area (Å²) in [6.07, 6.45) is 4.74. The van der Waals surface area contributed by atoms with Gasteiger partial charge in [-0.15, -0.1) is 0 Å². The van der Waals surface area contributed by atoms with Crippen molar-refractivity contribution in [3.63, 3.8) is 0 Å². The fourth-order valence-corrected chi connectivity index (χ4v) is 3.79. The van der Waals surface area contributed by atoms with Crippen LogP contribution in [-0.2, 0) is 4.79 Å². The summed E-state index contributed by atoms with van der Waals surface area (Å²) in [6.45, 7) is 7.64. The third-order valence-electron chi connectivity index (χ3n) is 4.76. The van der Waals surface area contributed by atoms with Crippen molar-refractivity contribution in [2.24, 2.45) is 5.92 Å². The highest BCUT2D eigenvalue weighted by Crippen LogP contribution is 2.32. The molecular formula is C16H28N2O3. The fraction of sp³-hybridized carbons (Fsp3) is 0.875. The van der Waals surface area contributed by atoms with Crippen molar-refractivity contribution < 1.29 is 14.7 Å². The molecule has 1 N–H and O–H groups in total. The van der Waals surface area contributed by atoms with E-state index in [1.807, 2.05) is 25.7 Å². The average molecular weight is 296 g/mol. The Bertz CT molecular complexity index is 395. The second-order valence-electron chi connectivity index (χ2n) is 7.44. The molecule has 0 bridgehead atoms. The van der Waals surface area contributed by atoms with Gasteiger partial charge in [-0.1, -0.05) is 0 Å². The highest BCUT2D eigenvalue weighted by molar-refractivity contribution is 5.78. The van der Waals surface area contributed by atoms with E-state index in [2.05, 4.69) is 0 Å². The van der Waals surface area contributed by atoms with Gasteiger partial charge in [-0.2, -0.15) is 0 Å². The van der Waals surface area contributed by atoms with Gasteiger partial charge in [0.1, 0.15) is 0 Å². The molecule has 0 aromatic heterocycles. The van der Waals surface area contributed by atoms with Gasteiger partial charge in [-0.3, -0.25) is 4.79 Å². The molecule has 1 aliphatic heterocycles. The van der Waals surface area contributed by atoms with Crippen LogP contribution in [0.4, 0.5) is 4.79 Å². The Balaban J connectivity index is 1.87. The molecule has 1 aliphatic carbocycles. The van der Waals surface area contributed by atoms with Gasteiger partial charge in [0.2, 0.25) is 5.91 Å². The molecule has 2 rings (SSSR count). The normalized spacial score (nSPS) is 27.0. The van der Waals surface area contributed by atoms with Crippen LogP contribution in [0.5, 0.6) is 0 Å². The molecule has 0 aromatic rings. The number of rotatable bonds is 3. The molecule has 120 valence electrons. The summed E-state index contributed by atoms with van der Waals surface area (Å²) in [6, 6.07) is 0.119. The predicted octanol–water partition coefficient (Wildman–Crippen LogP) is 2.95. The number of hydrogen-bond donors (Lipinski definition) is 1. The topological polar surface area (TPSA) is 60.9 Å². The maximum atomic E-state index is 11.7. The second kappa shape index (κ2) is 6.24. The van der Waals surface area contributed by atoms with Gasteiger partial charge in [0.15, 0.2) is 0 Å². The van der Waals surface area contributed by atoms with Gasteiger partial charge in [-0.25, -0.2) is 4.79 Å². The van der Waals surface area contributed by atoms with Gasteiger partial charge in [0, 0.05) is 31.1 Å². The Morgan fingerprint density at radius 1 is 1.29 bits per heavy atom. The van der Waals surface area contributed by atoms with Crippen molar-refractivity contribution in [2.75, 3.05) is 13.1 Å². The summed E-state index contributed by atoms with van der Waals surface area (Å²) in [5.41, 5.74) is -0.353. The molecule has 2 amide bonds. The molecule has 2 aliphatic rings. The minimum absolute atomic E-state index is 0.119. The molecule has 0 unspecified atom stereocenters. The van der Waals surface area contributed by atoms with Gasteiger partial charge < -0.3 is 14.9 Å². The van der Waals surface area contributed by atoms with Crippen molar-refractivity contribution in [3.8, 4) is 0 Å². The van der Waals surface area contributed by atoms with Crippen molar-refractivity contribution in [2.45, 2.75) is 70.9 Å². The fourth-order valence-electron chi connectivity index (χ4n) is 3.79. The molecule has 0 spiro atoms. The van der Waals surface area contributed by atoms with E-state index in [-0.39, 0.29) is 11.6 Å². The molecule has 0 aromatic carbocycles. The predicted molar refractivity (Wildman–Crippen MR) is 81.2 cm³/mol. The first-order chi connectivity index (χ1) is 9.79. The zero-order chi connectivity index (χ0) is 15.6. The Morgan fingerprint density at radius 3 is 2.33 bits per heavy atom. The van der Waals surface area contributed by atoms with E-state index in [9.17, 15) is 14.7 Å². The van der Waals surface area contributed by atoms with Crippen molar-refractivity contribution in [1.29, 1.82) is 0 Å². The summed E-state index contributed by atoms with van der Waals surface area (Å²) in [5, 5.41) is 9.46. The van der Waals surface area contributed by atoms with Crippen molar-refractivity contribution in [3.05, 3.63) is 0 Å². The molecule has 21 heavy (non-hydrogen) atoms. The zero-order valence-electron chi connectivity index (χ0n) is 13.5. The number of carboxylic acid groups (broad SMARTS) is 1. The number of carbonyl (C=O) groups is 2. The van der Waals surface area contributed by atoms with Crippen LogP contribution in [0.15, 0.2) is 0 Å². The molecule has 1 saturated carbocycles. The van der Waals surface area contributed by atoms with Crippen LogP contribution >= 0.6 is 0 Å². The minimum Gasteiger partial charge on any atom is -0.465 e. The molecule has 0 radical (unpaired) electrons. The molecule has 1 heterocycles. The molecule has 1 saturated heterocycles. The first-order valence-electron chi connectivity index (χ1n) is 8.09. The minimum atomic E-state index is -0.819. The summed E-state index contributed by atoms with van der Waals surface area (Å²) in [4.78, 5) is 26.8. The van der Waals surface area contributed by atoms with E-state index < -0.39 is 6.09 Å². The number of likely N-dealkylation sites (tertiary alicyclic amines) is 1. The van der Waals surface area contributed by atoms with Crippen LogP contribution in [0, 0.1) is 5.92 Å². The van der Waals surface area contributed by atoms with Crippen LogP contribution in [0.1, 0.15) is 59.3 Å². The summed E-state index contributed by atoms with van der Waals surface area (Å²) in [5.74, 6) is 0.831. The lowest BCUT2D eigenvalue weighted by Crippen LogP contribution is -2.52. The summed E-state index contributed by atoms with van der Waals surface area (Å²) in [7, 11) is 0. The Morgan fingerprint density at radius 2 is 1.90 bits per heavy atom. The van der Waals surface area contributed by atoms with Crippen LogP contribution in [0.3, 0.4) is 0 Å². The van der Waals surface area contributed by atoms with Crippen LogP contribution in [0.2, 0.25) is 0 Å². The van der Waals surface area contributed by atoms with Gasteiger partial charge in [0.25, 0.3) is 0 Å². The lowest BCUT2D eigenvalue weighted by atomic mass is 9.83. The standard InChI is InChI=1S/C16H28N2O3/c1-16(2,3)18(15(20)21)13-8-6-12(7-9-13)11-17-10-4-5-14(17)19/h12-13H,4-11H2,1-3H3,(H,20,21). The summed E-state index contributed by atoms with van der Waals surface area (Å²) >= 11 is 0. The van der Waals surface area contributed by atoms with E-state index in [4.69, 9.17) is 0 Å². The van der Waals surface area contributed by atoms with Crippen LogP contribution in [0.25, 0.3) is 0 Å². The molecule has 0 atom stereocenters. The number of carbonyl (C=O) groups excluding carboxylic acids is 1. The summed E-state index contributed by atoms with van der Waals surface area (Å²) < 4.78 is 0. The van der Waals surface area contributed by atoms with Crippen molar-refractivity contribution >= 4 is 12.0 Å². The van der Waals surface area contributed by atoms with Crippen LogP contribution < -0.4 is 0 Å². The Labute approximate surface area is 127 Å². The number of hydrogen-bond acceptors (Lipinski definition) is 2. The maximum absolute atomic E-state index is 11.7.